The van der Waals surface area contributed by atoms with Crippen LogP contribution in [-0.2, 0) is 28.5 Å². The first-order chi connectivity index (χ1) is 18.6. The van der Waals surface area contributed by atoms with Gasteiger partial charge in [0, 0.05) is 17.6 Å². The molecular formula is C24H29F11O8. The Balaban J connectivity index is 0.000000434. The molecule has 0 spiro atoms. The lowest BCUT2D eigenvalue weighted by Gasteiger charge is -2.51. The fourth-order valence-electron chi connectivity index (χ4n) is 4.28. The number of alkyl halides is 11. The van der Waals surface area contributed by atoms with E-state index in [0.717, 1.165) is 27.7 Å². The van der Waals surface area contributed by atoms with E-state index in [2.05, 4.69) is 32.1 Å². The van der Waals surface area contributed by atoms with Gasteiger partial charge < -0.3 is 24.4 Å². The number of hydrogen-bond acceptors (Lipinski definition) is 8. The summed E-state index contributed by atoms with van der Waals surface area (Å²) in [5.74, 6) is -10.8. The number of carbonyl (C=O) groups excluding carboxylic acids is 2. The highest BCUT2D eigenvalue weighted by molar-refractivity contribution is 5.87. The third-order valence-electron chi connectivity index (χ3n) is 5.92. The van der Waals surface area contributed by atoms with Gasteiger partial charge >= 0.3 is 36.6 Å². The molecule has 43 heavy (non-hydrogen) atoms. The molecule has 19 heteroatoms. The first-order valence-electron chi connectivity index (χ1n) is 11.9. The van der Waals surface area contributed by atoms with Crippen molar-refractivity contribution in [3.8, 4) is 0 Å². The second-order valence-corrected chi connectivity index (χ2v) is 11.2. The summed E-state index contributed by atoms with van der Waals surface area (Å²) in [7, 11) is 0. The molecule has 0 aromatic heterocycles. The molecule has 2 rings (SSSR count). The van der Waals surface area contributed by atoms with Crippen LogP contribution in [-0.4, -0.2) is 75.2 Å². The number of carbonyl (C=O) groups is 2. The van der Waals surface area contributed by atoms with Gasteiger partial charge in [0.15, 0.2) is 0 Å². The number of halogens is 11. The van der Waals surface area contributed by atoms with Gasteiger partial charge in [0.1, 0.15) is 5.60 Å². The number of hydrogen-bond donors (Lipinski definition) is 2. The van der Waals surface area contributed by atoms with Gasteiger partial charge in [-0.05, 0) is 34.6 Å². The predicted molar refractivity (Wildman–Crippen MR) is 121 cm³/mol. The molecule has 0 aromatic rings. The molecule has 0 bridgehead atoms. The molecule has 250 valence electrons. The smallest absolute Gasteiger partial charge is 0.443 e. The molecule has 2 aliphatic heterocycles. The van der Waals surface area contributed by atoms with Crippen LogP contribution in [0.5, 0.6) is 0 Å². The predicted octanol–water partition coefficient (Wildman–Crippen LogP) is 5.77. The summed E-state index contributed by atoms with van der Waals surface area (Å²) < 4.78 is 161. The van der Waals surface area contributed by atoms with Crippen molar-refractivity contribution in [1.82, 2.24) is 0 Å². The molecule has 2 aliphatic rings. The molecule has 2 saturated heterocycles. The van der Waals surface area contributed by atoms with Crippen molar-refractivity contribution >= 4 is 11.9 Å². The topological polar surface area (TPSA) is 112 Å². The van der Waals surface area contributed by atoms with Crippen LogP contribution >= 0.6 is 0 Å². The summed E-state index contributed by atoms with van der Waals surface area (Å²) >= 11 is 0. The van der Waals surface area contributed by atoms with Crippen LogP contribution < -0.4 is 0 Å². The molecule has 2 N–H and O–H groups in total. The van der Waals surface area contributed by atoms with Gasteiger partial charge in [-0.15, -0.1) is 0 Å². The highest BCUT2D eigenvalue weighted by Gasteiger charge is 2.73. The summed E-state index contributed by atoms with van der Waals surface area (Å²) in [6, 6.07) is 0. The summed E-state index contributed by atoms with van der Waals surface area (Å²) in [5.41, 5.74) is -8.46. The maximum atomic E-state index is 13.5. The Morgan fingerprint density at radius 3 is 1.44 bits per heavy atom. The molecule has 0 saturated carbocycles. The van der Waals surface area contributed by atoms with Crippen molar-refractivity contribution in [2.45, 2.75) is 113 Å². The third-order valence-corrected chi connectivity index (χ3v) is 5.92. The van der Waals surface area contributed by atoms with Crippen LogP contribution in [0.4, 0.5) is 48.3 Å². The lowest BCUT2D eigenvalue weighted by atomic mass is 9.79. The fourth-order valence-corrected chi connectivity index (χ4v) is 4.28. The zero-order valence-electron chi connectivity index (χ0n) is 23.2. The molecule has 0 aliphatic carbocycles. The summed E-state index contributed by atoms with van der Waals surface area (Å²) in [6.45, 7) is 11.3. The van der Waals surface area contributed by atoms with Crippen molar-refractivity contribution in [2.75, 3.05) is 0 Å². The first-order valence-corrected chi connectivity index (χ1v) is 11.9. The van der Waals surface area contributed by atoms with Crippen molar-refractivity contribution in [3.05, 3.63) is 24.3 Å². The first kappa shape index (κ1) is 38.5. The van der Waals surface area contributed by atoms with E-state index < -0.39 is 96.2 Å². The average molecular weight is 654 g/mol. The van der Waals surface area contributed by atoms with E-state index in [1.165, 1.54) is 6.92 Å². The van der Waals surface area contributed by atoms with Crippen molar-refractivity contribution in [3.63, 3.8) is 0 Å². The second-order valence-electron chi connectivity index (χ2n) is 11.2. The van der Waals surface area contributed by atoms with E-state index >= 15 is 0 Å². The van der Waals surface area contributed by atoms with Crippen LogP contribution in [0.25, 0.3) is 0 Å². The minimum atomic E-state index is -5.52. The summed E-state index contributed by atoms with van der Waals surface area (Å²) in [6.07, 6.45) is -26.4. The molecule has 0 amide bonds. The van der Waals surface area contributed by atoms with E-state index in [9.17, 15) is 68.1 Å². The van der Waals surface area contributed by atoms with Crippen LogP contribution in [0, 0.1) is 0 Å². The normalized spacial score (nSPS) is 32.5. The summed E-state index contributed by atoms with van der Waals surface area (Å²) in [5, 5.41) is 18.9. The van der Waals surface area contributed by atoms with Crippen LogP contribution in [0.15, 0.2) is 24.3 Å². The Morgan fingerprint density at radius 2 is 1.07 bits per heavy atom. The van der Waals surface area contributed by atoms with E-state index in [0.29, 0.717) is 0 Å². The van der Waals surface area contributed by atoms with Gasteiger partial charge in [-0.25, -0.2) is 9.59 Å². The Labute approximate surface area is 237 Å². The number of rotatable bonds is 4. The fraction of sp³-hybridized carbons (Fsp3) is 0.750. The molecule has 4 unspecified atom stereocenters. The minimum Gasteiger partial charge on any atom is -0.455 e. The van der Waals surface area contributed by atoms with Gasteiger partial charge in [-0.1, -0.05) is 13.2 Å². The Kier molecular flexibility index (Phi) is 10.3. The number of esters is 2. The minimum absolute atomic E-state index is 0.170. The van der Waals surface area contributed by atoms with Crippen LogP contribution in [0.3, 0.4) is 0 Å². The second kappa shape index (κ2) is 11.4. The lowest BCUT2D eigenvalue weighted by Crippen LogP contribution is -2.67. The average Bonchev–Trinajstić information content (AvgIpc) is 2.67. The molecule has 0 aromatic carbocycles. The van der Waals surface area contributed by atoms with Crippen molar-refractivity contribution in [2.24, 2.45) is 0 Å². The van der Waals surface area contributed by atoms with E-state index in [1.807, 2.05) is 0 Å². The quantitative estimate of drug-likeness (QED) is 0.224. The van der Waals surface area contributed by atoms with Crippen molar-refractivity contribution in [1.29, 1.82) is 0 Å². The van der Waals surface area contributed by atoms with E-state index in [-0.39, 0.29) is 5.57 Å². The van der Waals surface area contributed by atoms with Gasteiger partial charge in [-0.3, -0.25) is 4.74 Å². The molecule has 4 atom stereocenters. The van der Waals surface area contributed by atoms with Gasteiger partial charge in [0.2, 0.25) is 5.60 Å². The number of aliphatic hydroxyl groups is 2. The molecule has 0 radical (unpaired) electrons. The standard InChI is InChI=1S/C13H16F6O4.C11H13F5O4/c1-7(2)8(20)22-10(12(14,15)16)5-9(3,4)23-11(21,6-10)13(17,18)19;1-6(2)7(17)19-8(3)4-9(18,11(14,15)16)20-10(12,13)5-8/h21H,1,5-6H2,2-4H3;18H,1,4-5H2,2-3H3. The van der Waals surface area contributed by atoms with E-state index in [4.69, 9.17) is 0 Å². The summed E-state index contributed by atoms with van der Waals surface area (Å²) in [4.78, 5) is 22.8. The maximum Gasteiger partial charge on any atom is 0.443 e. The van der Waals surface area contributed by atoms with Crippen molar-refractivity contribution < 1.29 is 87.0 Å². The Bertz CT molecular complexity index is 1110. The SMILES string of the molecule is C=C(C)C(=O)OC1(C(F)(F)F)CC(C)(C)OC(O)(C(F)(F)F)C1.C=C(C)C(=O)OC1(C)CC(F)(F)OC(O)(C(F)(F)F)C1. The van der Waals surface area contributed by atoms with Gasteiger partial charge in [-0.2, -0.15) is 48.3 Å². The lowest BCUT2D eigenvalue weighted by molar-refractivity contribution is -0.468. The van der Waals surface area contributed by atoms with Crippen LogP contribution in [0.1, 0.15) is 60.3 Å². The van der Waals surface area contributed by atoms with E-state index in [1.54, 1.807) is 0 Å². The van der Waals surface area contributed by atoms with Gasteiger partial charge in [0.25, 0.3) is 11.6 Å². The molecular weight excluding hydrogens is 625 g/mol. The zero-order chi connectivity index (χ0) is 34.5. The Morgan fingerprint density at radius 1 is 0.674 bits per heavy atom. The van der Waals surface area contributed by atoms with Crippen LogP contribution in [0.2, 0.25) is 0 Å². The zero-order valence-corrected chi connectivity index (χ0v) is 23.2. The maximum absolute atomic E-state index is 13.5. The highest BCUT2D eigenvalue weighted by Crippen LogP contribution is 2.54. The monoisotopic (exact) mass is 654 g/mol. The largest absolute Gasteiger partial charge is 0.455 e. The molecule has 8 nitrogen and oxygen atoms in total. The molecule has 2 heterocycles. The molecule has 2 fully saturated rings. The highest BCUT2D eigenvalue weighted by atomic mass is 19.4. The third kappa shape index (κ3) is 9.01. The Hall–Kier alpha value is -2.51. The number of ether oxygens (including phenoxy) is 4. The van der Waals surface area contributed by atoms with Gasteiger partial charge in [0.05, 0.1) is 24.9 Å².